The third kappa shape index (κ3) is 2.96. The number of rotatable bonds is 5. The maximum atomic E-state index is 10.7. The van der Waals surface area contributed by atoms with Gasteiger partial charge in [0.25, 0.3) is 5.69 Å². The Morgan fingerprint density at radius 3 is 3.06 bits per heavy atom. The van der Waals surface area contributed by atoms with Crippen LogP contribution in [0.15, 0.2) is 18.2 Å². The lowest BCUT2D eigenvalue weighted by molar-refractivity contribution is -0.384. The first-order valence-electron chi connectivity index (χ1n) is 5.87. The Balaban J connectivity index is 2.19. The summed E-state index contributed by atoms with van der Waals surface area (Å²) in [6.45, 7) is 1.82. The van der Waals surface area contributed by atoms with Crippen LogP contribution in [0.25, 0.3) is 0 Å². The van der Waals surface area contributed by atoms with E-state index in [1.54, 1.807) is 19.2 Å². The van der Waals surface area contributed by atoms with E-state index >= 15 is 0 Å². The summed E-state index contributed by atoms with van der Waals surface area (Å²) in [5, 5.41) is 13.7. The molecule has 0 aromatic heterocycles. The molecule has 6 heteroatoms. The first-order chi connectivity index (χ1) is 8.70. The largest absolute Gasteiger partial charge is 0.488 e. The highest BCUT2D eigenvalue weighted by Gasteiger charge is 2.19. The van der Waals surface area contributed by atoms with Crippen molar-refractivity contribution < 1.29 is 14.4 Å². The first kappa shape index (κ1) is 12.8. The number of nitrogens with zero attached hydrogens (tertiary/aromatic N) is 1. The van der Waals surface area contributed by atoms with Crippen LogP contribution in [0.4, 0.5) is 5.69 Å². The van der Waals surface area contributed by atoms with Gasteiger partial charge in [0.15, 0.2) is 0 Å². The molecule has 1 aliphatic rings. The quantitative estimate of drug-likeness (QED) is 0.634. The van der Waals surface area contributed by atoms with Crippen LogP contribution >= 0.6 is 0 Å². The van der Waals surface area contributed by atoms with Gasteiger partial charge in [0.05, 0.1) is 18.1 Å². The molecule has 1 atom stereocenters. The van der Waals surface area contributed by atoms with Crippen molar-refractivity contribution in [1.82, 2.24) is 5.32 Å². The van der Waals surface area contributed by atoms with Gasteiger partial charge in [0.1, 0.15) is 11.9 Å². The van der Waals surface area contributed by atoms with Crippen LogP contribution in [-0.4, -0.2) is 31.3 Å². The number of hydrogen-bond acceptors (Lipinski definition) is 5. The Hall–Kier alpha value is -1.66. The van der Waals surface area contributed by atoms with Gasteiger partial charge in [-0.3, -0.25) is 10.1 Å². The Morgan fingerprint density at radius 2 is 2.44 bits per heavy atom. The molecule has 1 saturated heterocycles. The van der Waals surface area contributed by atoms with Crippen LogP contribution in [0.5, 0.6) is 5.75 Å². The molecule has 1 unspecified atom stereocenters. The average Bonchev–Trinajstić information content (AvgIpc) is 2.84. The van der Waals surface area contributed by atoms with Crippen molar-refractivity contribution in [3.05, 3.63) is 33.9 Å². The standard InChI is InChI=1S/C12H16N2O4/c1-13-7-9-6-10(14(15)16)2-3-12(9)18-11-4-5-17-8-11/h2-3,6,11,13H,4-5,7-8H2,1H3. The third-order valence-corrected chi connectivity index (χ3v) is 2.80. The van der Waals surface area contributed by atoms with Gasteiger partial charge in [-0.1, -0.05) is 0 Å². The normalized spacial score (nSPS) is 18.8. The molecule has 2 rings (SSSR count). The SMILES string of the molecule is CNCc1cc([N+](=O)[O-])ccc1OC1CCOC1. The Morgan fingerprint density at radius 1 is 1.61 bits per heavy atom. The van der Waals surface area contributed by atoms with E-state index in [9.17, 15) is 10.1 Å². The smallest absolute Gasteiger partial charge is 0.270 e. The molecule has 18 heavy (non-hydrogen) atoms. The van der Waals surface area contributed by atoms with Crippen LogP contribution in [0.3, 0.4) is 0 Å². The Bertz CT molecular complexity index is 430. The van der Waals surface area contributed by atoms with Crippen molar-refractivity contribution in [2.24, 2.45) is 0 Å². The Labute approximate surface area is 105 Å². The molecule has 0 aliphatic carbocycles. The molecule has 0 spiro atoms. The molecule has 6 nitrogen and oxygen atoms in total. The van der Waals surface area contributed by atoms with Gasteiger partial charge in [-0.2, -0.15) is 0 Å². The lowest BCUT2D eigenvalue weighted by atomic mass is 10.1. The molecule has 1 heterocycles. The fourth-order valence-electron chi connectivity index (χ4n) is 1.91. The molecule has 0 amide bonds. The van der Waals surface area contributed by atoms with Crippen LogP contribution in [0.2, 0.25) is 0 Å². The van der Waals surface area contributed by atoms with Crippen molar-refractivity contribution in [2.45, 2.75) is 19.1 Å². The molecule has 1 N–H and O–H groups in total. The zero-order valence-corrected chi connectivity index (χ0v) is 10.2. The number of non-ortho nitro benzene ring substituents is 1. The van der Waals surface area contributed by atoms with Crippen molar-refractivity contribution >= 4 is 5.69 Å². The van der Waals surface area contributed by atoms with Gasteiger partial charge in [-0.25, -0.2) is 0 Å². The van der Waals surface area contributed by atoms with Crippen molar-refractivity contribution in [3.63, 3.8) is 0 Å². The van der Waals surface area contributed by atoms with Crippen LogP contribution in [0, 0.1) is 10.1 Å². The molecule has 0 bridgehead atoms. The highest BCUT2D eigenvalue weighted by atomic mass is 16.6. The second-order valence-electron chi connectivity index (χ2n) is 4.18. The molecule has 1 fully saturated rings. The zero-order valence-electron chi connectivity index (χ0n) is 10.2. The molecule has 0 saturated carbocycles. The molecular formula is C12H16N2O4. The minimum atomic E-state index is -0.401. The van der Waals surface area contributed by atoms with Gasteiger partial charge in [-0.05, 0) is 13.1 Å². The summed E-state index contributed by atoms with van der Waals surface area (Å²) in [4.78, 5) is 10.3. The minimum absolute atomic E-state index is 0.0436. The van der Waals surface area contributed by atoms with Crippen molar-refractivity contribution in [2.75, 3.05) is 20.3 Å². The summed E-state index contributed by atoms with van der Waals surface area (Å²) in [5.74, 6) is 0.686. The first-order valence-corrected chi connectivity index (χ1v) is 5.87. The summed E-state index contributed by atoms with van der Waals surface area (Å²) in [5.41, 5.74) is 0.869. The fourth-order valence-corrected chi connectivity index (χ4v) is 1.91. The summed E-state index contributed by atoms with van der Waals surface area (Å²) < 4.78 is 11.0. The van der Waals surface area contributed by atoms with E-state index in [1.807, 2.05) is 0 Å². The van der Waals surface area contributed by atoms with Crippen LogP contribution in [0.1, 0.15) is 12.0 Å². The lowest BCUT2D eigenvalue weighted by Crippen LogP contribution is -2.17. The predicted octanol–water partition coefficient (Wildman–Crippen LogP) is 1.48. The molecule has 1 aromatic carbocycles. The molecule has 0 radical (unpaired) electrons. The summed E-state index contributed by atoms with van der Waals surface area (Å²) in [6.07, 6.45) is 0.901. The average molecular weight is 252 g/mol. The maximum absolute atomic E-state index is 10.7. The maximum Gasteiger partial charge on any atom is 0.270 e. The van der Waals surface area contributed by atoms with E-state index in [-0.39, 0.29) is 11.8 Å². The number of ether oxygens (including phenoxy) is 2. The van der Waals surface area contributed by atoms with Crippen molar-refractivity contribution in [3.8, 4) is 5.75 Å². The lowest BCUT2D eigenvalue weighted by Gasteiger charge is -2.15. The van der Waals surface area contributed by atoms with E-state index in [0.717, 1.165) is 12.0 Å². The summed E-state index contributed by atoms with van der Waals surface area (Å²) in [7, 11) is 1.79. The highest BCUT2D eigenvalue weighted by molar-refractivity contribution is 5.43. The zero-order chi connectivity index (χ0) is 13.0. The minimum Gasteiger partial charge on any atom is -0.488 e. The van der Waals surface area contributed by atoms with E-state index in [4.69, 9.17) is 9.47 Å². The molecule has 98 valence electrons. The van der Waals surface area contributed by atoms with Crippen molar-refractivity contribution in [1.29, 1.82) is 0 Å². The van der Waals surface area contributed by atoms with Crippen LogP contribution < -0.4 is 10.1 Å². The second-order valence-corrected chi connectivity index (χ2v) is 4.18. The van der Waals surface area contributed by atoms with Gasteiger partial charge >= 0.3 is 0 Å². The number of benzene rings is 1. The van der Waals surface area contributed by atoms with Crippen LogP contribution in [-0.2, 0) is 11.3 Å². The molecular weight excluding hydrogens is 236 g/mol. The van der Waals surface area contributed by atoms with E-state index in [1.165, 1.54) is 6.07 Å². The van der Waals surface area contributed by atoms with Gasteiger partial charge in [0, 0.05) is 30.7 Å². The third-order valence-electron chi connectivity index (χ3n) is 2.80. The topological polar surface area (TPSA) is 73.6 Å². The highest BCUT2D eigenvalue weighted by Crippen LogP contribution is 2.26. The number of hydrogen-bond donors (Lipinski definition) is 1. The monoisotopic (exact) mass is 252 g/mol. The Kier molecular flexibility index (Phi) is 4.11. The summed E-state index contributed by atoms with van der Waals surface area (Å²) >= 11 is 0. The molecule has 1 aliphatic heterocycles. The fraction of sp³-hybridized carbons (Fsp3) is 0.500. The number of nitro benzene ring substituents is 1. The predicted molar refractivity (Wildman–Crippen MR) is 65.7 cm³/mol. The number of nitrogens with one attached hydrogen (secondary N) is 1. The second kappa shape index (κ2) is 5.79. The van der Waals surface area contributed by atoms with E-state index in [2.05, 4.69) is 5.32 Å². The van der Waals surface area contributed by atoms with Gasteiger partial charge < -0.3 is 14.8 Å². The number of nitro groups is 1. The van der Waals surface area contributed by atoms with E-state index in [0.29, 0.717) is 25.5 Å². The van der Waals surface area contributed by atoms with E-state index < -0.39 is 4.92 Å². The summed E-state index contributed by atoms with van der Waals surface area (Å²) in [6, 6.07) is 4.66. The molecule has 1 aromatic rings. The van der Waals surface area contributed by atoms with Gasteiger partial charge in [0.2, 0.25) is 0 Å². The van der Waals surface area contributed by atoms with Gasteiger partial charge in [-0.15, -0.1) is 0 Å².